The van der Waals surface area contributed by atoms with Gasteiger partial charge >= 0.3 is 6.09 Å². The molecular formula is C48H60F2N8O7. The van der Waals surface area contributed by atoms with Gasteiger partial charge in [0.1, 0.15) is 23.7 Å². The number of aromatic amines is 2. The zero-order valence-electron chi connectivity index (χ0n) is 37.9. The Kier molecular flexibility index (Phi) is 13.2. The van der Waals surface area contributed by atoms with Crippen LogP contribution in [-0.2, 0) is 34.1 Å². The van der Waals surface area contributed by atoms with Crippen molar-refractivity contribution in [2.45, 2.75) is 109 Å². The van der Waals surface area contributed by atoms with Crippen LogP contribution in [-0.4, -0.2) is 111 Å². The molecule has 5 heterocycles. The summed E-state index contributed by atoms with van der Waals surface area (Å²) in [7, 11) is 1.26. The Labute approximate surface area is 377 Å². The molecule has 2 aromatic carbocycles. The van der Waals surface area contributed by atoms with E-state index in [1.54, 1.807) is 22.2 Å². The van der Waals surface area contributed by atoms with Gasteiger partial charge in [0, 0.05) is 24.8 Å². The van der Waals surface area contributed by atoms with E-state index in [0.29, 0.717) is 44.2 Å². The van der Waals surface area contributed by atoms with Crippen LogP contribution in [0.4, 0.5) is 13.6 Å². The number of alkyl carbamates (subject to hydrolysis) is 1. The molecule has 17 heteroatoms. The first kappa shape index (κ1) is 45.9. The Morgan fingerprint density at radius 2 is 1.48 bits per heavy atom. The first-order valence-electron chi connectivity index (χ1n) is 22.7. The molecule has 0 bridgehead atoms. The smallest absolute Gasteiger partial charge is 0.407 e. The van der Waals surface area contributed by atoms with Crippen LogP contribution in [0.15, 0.2) is 60.9 Å². The highest BCUT2D eigenvalue weighted by Gasteiger charge is 2.53. The largest absolute Gasteiger partial charge is 0.453 e. The van der Waals surface area contributed by atoms with E-state index in [1.165, 1.54) is 14.0 Å². The predicted octanol–water partition coefficient (Wildman–Crippen LogP) is 7.19. The maximum atomic E-state index is 14.2. The minimum absolute atomic E-state index is 0.117. The van der Waals surface area contributed by atoms with Crippen LogP contribution in [0.2, 0.25) is 0 Å². The zero-order valence-corrected chi connectivity index (χ0v) is 37.9. The van der Waals surface area contributed by atoms with E-state index in [2.05, 4.69) is 20.6 Å². The number of nitrogens with one attached hydrogen (secondary N) is 4. The third kappa shape index (κ3) is 9.53. The van der Waals surface area contributed by atoms with Crippen molar-refractivity contribution in [2.24, 2.45) is 23.7 Å². The van der Waals surface area contributed by atoms with E-state index >= 15 is 0 Å². The Morgan fingerprint density at radius 3 is 2.06 bits per heavy atom. The SMILES string of the molecule is COC(=O)N[C@H](C(=O)N1CC2(CC1c1ncc(-c3ccc(-c4ccc(-c5cnc(C6(C)CCCN6C(=O)[C@H](CC[C@H](C)C(F)F)NC(=O)[C@@H]6CC6C)[nH]5)cc4)cc3)[nH]1)OCCO2)C(C)C. The molecule has 3 unspecified atom stereocenters. The lowest BCUT2D eigenvalue weighted by atomic mass is 9.95. The number of rotatable bonds is 15. The number of carbonyl (C=O) groups is 4. The third-order valence-corrected chi connectivity index (χ3v) is 13.8. The maximum Gasteiger partial charge on any atom is 0.407 e. The fraction of sp³-hybridized carbons (Fsp3) is 0.542. The lowest BCUT2D eigenvalue weighted by Gasteiger charge is -2.36. The summed E-state index contributed by atoms with van der Waals surface area (Å²) in [5.41, 5.74) is 4.61. The fourth-order valence-electron chi connectivity index (χ4n) is 9.51. The quantitative estimate of drug-likeness (QED) is 0.0960. The van der Waals surface area contributed by atoms with Crippen molar-refractivity contribution in [3.8, 4) is 33.6 Å². The summed E-state index contributed by atoms with van der Waals surface area (Å²) in [4.78, 5) is 73.1. The number of benzene rings is 2. The second-order valence-corrected chi connectivity index (χ2v) is 18.8. The first-order chi connectivity index (χ1) is 31.1. The average molecular weight is 899 g/mol. The molecule has 3 aliphatic heterocycles. The number of methoxy groups -OCH3 is 1. The lowest BCUT2D eigenvalue weighted by molar-refractivity contribution is -0.153. The second kappa shape index (κ2) is 18.7. The number of hydrogen-bond donors (Lipinski definition) is 4. The summed E-state index contributed by atoms with van der Waals surface area (Å²) in [5.74, 6) is -1.46. The Hall–Kier alpha value is -5.68. The summed E-state index contributed by atoms with van der Waals surface area (Å²) < 4.78 is 43.7. The zero-order chi connectivity index (χ0) is 46.2. The van der Waals surface area contributed by atoms with Gasteiger partial charge in [0.15, 0.2) is 5.79 Å². The summed E-state index contributed by atoms with van der Waals surface area (Å²) in [5, 5.41) is 5.61. The molecule has 4 fully saturated rings. The number of amides is 4. The number of H-pyrrole nitrogens is 2. The molecule has 8 rings (SSSR count). The predicted molar refractivity (Wildman–Crippen MR) is 237 cm³/mol. The van der Waals surface area contributed by atoms with Gasteiger partial charge in [-0.05, 0) is 73.1 Å². The van der Waals surface area contributed by atoms with Crippen LogP contribution in [0.5, 0.6) is 0 Å². The molecule has 4 amide bonds. The minimum Gasteiger partial charge on any atom is -0.453 e. The van der Waals surface area contributed by atoms with Crippen LogP contribution in [0.1, 0.15) is 90.8 Å². The molecule has 3 saturated heterocycles. The molecule has 348 valence electrons. The lowest BCUT2D eigenvalue weighted by Crippen LogP contribution is -2.53. The molecular weight excluding hydrogens is 839 g/mol. The molecule has 7 atom stereocenters. The summed E-state index contributed by atoms with van der Waals surface area (Å²) >= 11 is 0. The molecule has 4 aliphatic rings. The van der Waals surface area contributed by atoms with Gasteiger partial charge in [0.2, 0.25) is 24.1 Å². The second-order valence-electron chi connectivity index (χ2n) is 18.8. The van der Waals surface area contributed by atoms with Crippen molar-refractivity contribution in [3.05, 3.63) is 72.6 Å². The van der Waals surface area contributed by atoms with Crippen LogP contribution in [0, 0.1) is 23.7 Å². The molecule has 4 aromatic rings. The molecule has 1 saturated carbocycles. The number of likely N-dealkylation sites (tertiary alicyclic amines) is 2. The molecule has 15 nitrogen and oxygen atoms in total. The van der Waals surface area contributed by atoms with Gasteiger partial charge in [-0.25, -0.2) is 23.5 Å². The van der Waals surface area contributed by atoms with Crippen LogP contribution >= 0.6 is 0 Å². The van der Waals surface area contributed by atoms with Crippen LogP contribution in [0.3, 0.4) is 0 Å². The van der Waals surface area contributed by atoms with Gasteiger partial charge < -0.3 is 44.6 Å². The highest BCUT2D eigenvalue weighted by atomic mass is 19.3. The van der Waals surface area contributed by atoms with Gasteiger partial charge in [0.25, 0.3) is 0 Å². The molecule has 1 aliphatic carbocycles. The number of imidazole rings is 2. The van der Waals surface area contributed by atoms with Crippen LogP contribution in [0.25, 0.3) is 33.6 Å². The third-order valence-electron chi connectivity index (χ3n) is 13.8. The molecule has 1 spiro atoms. The number of carbonyl (C=O) groups excluding carboxylic acids is 4. The Balaban J connectivity index is 0.942. The van der Waals surface area contributed by atoms with Crippen molar-refractivity contribution in [2.75, 3.05) is 33.4 Å². The van der Waals surface area contributed by atoms with Gasteiger partial charge in [-0.3, -0.25) is 14.4 Å². The van der Waals surface area contributed by atoms with E-state index in [-0.39, 0.29) is 54.9 Å². The van der Waals surface area contributed by atoms with Gasteiger partial charge in [-0.2, -0.15) is 0 Å². The number of ether oxygens (including phenoxy) is 3. The van der Waals surface area contributed by atoms with Gasteiger partial charge in [0.05, 0.1) is 62.2 Å². The fourth-order valence-corrected chi connectivity index (χ4v) is 9.51. The highest BCUT2D eigenvalue weighted by molar-refractivity contribution is 5.90. The van der Waals surface area contributed by atoms with E-state index in [4.69, 9.17) is 24.2 Å². The van der Waals surface area contributed by atoms with Crippen molar-refractivity contribution in [3.63, 3.8) is 0 Å². The number of aromatic nitrogens is 4. The maximum absolute atomic E-state index is 14.2. The minimum atomic E-state index is -2.50. The van der Waals surface area contributed by atoms with E-state index in [9.17, 15) is 28.0 Å². The topological polar surface area (TPSA) is 184 Å². The van der Waals surface area contributed by atoms with Crippen molar-refractivity contribution >= 4 is 23.8 Å². The molecule has 0 radical (unpaired) electrons. The Morgan fingerprint density at radius 1 is 0.877 bits per heavy atom. The molecule has 65 heavy (non-hydrogen) atoms. The van der Waals surface area contributed by atoms with Crippen molar-refractivity contribution < 1.29 is 42.2 Å². The van der Waals surface area contributed by atoms with Crippen molar-refractivity contribution in [1.29, 1.82) is 0 Å². The normalized spacial score (nSPS) is 23.8. The highest BCUT2D eigenvalue weighted by Crippen LogP contribution is 2.44. The van der Waals surface area contributed by atoms with Gasteiger partial charge in [-0.1, -0.05) is 76.2 Å². The first-order valence-corrected chi connectivity index (χ1v) is 22.7. The molecule has 4 N–H and O–H groups in total. The van der Waals surface area contributed by atoms with Crippen molar-refractivity contribution in [1.82, 2.24) is 40.4 Å². The monoisotopic (exact) mass is 898 g/mol. The average Bonchev–Trinajstić information content (AvgIpc) is 3.98. The Bertz CT molecular complexity index is 2350. The number of halogens is 2. The summed E-state index contributed by atoms with van der Waals surface area (Å²) in [6, 6.07) is 14.0. The van der Waals surface area contributed by atoms with Crippen LogP contribution < -0.4 is 10.6 Å². The molecule has 2 aromatic heterocycles. The summed E-state index contributed by atoms with van der Waals surface area (Å²) in [6.45, 7) is 10.7. The van der Waals surface area contributed by atoms with E-state index in [0.717, 1.165) is 46.5 Å². The van der Waals surface area contributed by atoms with E-state index < -0.39 is 47.9 Å². The number of alkyl halides is 2. The number of hydrogen-bond acceptors (Lipinski definition) is 9. The van der Waals surface area contributed by atoms with E-state index in [1.807, 2.05) is 76.2 Å². The van der Waals surface area contributed by atoms with Gasteiger partial charge in [-0.15, -0.1) is 0 Å². The standard InChI is InChI=1S/C48H60F2N8O7/c1-27(2)39(56-46(62)63-6)44(61)57-26-48(64-20-21-65-48)23-38(57)41-51-24-36(53-41)32-13-9-30(10-14-32)31-11-15-33(16-12-31)37-25-52-45(55-37)47(5)18-7-19-58(47)43(60)35(17-8-28(3)40(49)50)54-42(59)34-22-29(34)4/h9-16,24-25,27-29,34-35,38-40H,7-8,17-23,26H2,1-6H3,(H,51,53)(H,52,55)(H,54,59)(H,56,62)/t28-,29?,34+,35-,38?,39-,47?/m0/s1. The summed E-state index contributed by atoms with van der Waals surface area (Å²) in [6.07, 6.45) is 3.13. The number of nitrogens with zero attached hydrogens (tertiary/aromatic N) is 4.